The lowest BCUT2D eigenvalue weighted by atomic mass is 10.0. The molecule has 12 heteroatoms. The number of nitrogens with zero attached hydrogens (tertiary/aromatic N) is 2. The molecule has 0 unspecified atom stereocenters. The van der Waals surface area contributed by atoms with Gasteiger partial charge in [-0.1, -0.05) is 53.5 Å². The summed E-state index contributed by atoms with van der Waals surface area (Å²) in [6, 6.07) is 15.5. The number of carbonyl (C=O) groups is 1. The van der Waals surface area contributed by atoms with Crippen molar-refractivity contribution in [2.75, 3.05) is 12.4 Å². The van der Waals surface area contributed by atoms with Crippen LogP contribution >= 0.6 is 23.2 Å². The second-order valence-electron chi connectivity index (χ2n) is 7.86. The van der Waals surface area contributed by atoms with Crippen LogP contribution in [-0.2, 0) is 10.1 Å². The van der Waals surface area contributed by atoms with Crippen molar-refractivity contribution in [2.24, 2.45) is 10.2 Å². The number of anilines is 1. The predicted octanol–water partition coefficient (Wildman–Crippen LogP) is 7.08. The highest BCUT2D eigenvalue weighted by molar-refractivity contribution is 7.86. The summed E-state index contributed by atoms with van der Waals surface area (Å²) in [5.41, 5.74) is 0.327. The molecule has 0 spiro atoms. The number of hydrogen-bond donors (Lipinski definition) is 3. The summed E-state index contributed by atoms with van der Waals surface area (Å²) < 4.78 is 38.5. The van der Waals surface area contributed by atoms with E-state index in [9.17, 15) is 22.9 Å². The minimum atomic E-state index is -4.68. The molecule has 37 heavy (non-hydrogen) atoms. The molecule has 3 N–H and O–H groups in total. The lowest BCUT2D eigenvalue weighted by Gasteiger charge is -2.12. The van der Waals surface area contributed by atoms with Crippen LogP contribution in [0.3, 0.4) is 0 Å². The summed E-state index contributed by atoms with van der Waals surface area (Å²) in [4.78, 5) is 12.6. The molecule has 0 heterocycles. The molecule has 4 aromatic rings. The molecule has 9 nitrogen and oxygen atoms in total. The second kappa shape index (κ2) is 10.3. The fourth-order valence-electron chi connectivity index (χ4n) is 3.58. The van der Waals surface area contributed by atoms with Crippen molar-refractivity contribution in [1.29, 1.82) is 0 Å². The first-order chi connectivity index (χ1) is 17.5. The van der Waals surface area contributed by atoms with Gasteiger partial charge >= 0.3 is 0 Å². The lowest BCUT2D eigenvalue weighted by molar-refractivity contribution is 0.102. The van der Waals surface area contributed by atoms with E-state index in [1.165, 1.54) is 25.3 Å². The number of benzene rings is 4. The molecule has 0 saturated carbocycles. The van der Waals surface area contributed by atoms with E-state index in [4.69, 9.17) is 27.9 Å². The number of phenolic OH excluding ortho intramolecular Hbond substituents is 1. The number of hydrogen-bond acceptors (Lipinski definition) is 7. The third-order valence-electron chi connectivity index (χ3n) is 5.45. The number of aromatic hydroxyl groups is 1. The molecule has 0 aliphatic heterocycles. The number of nitrogens with one attached hydrogen (secondary N) is 1. The van der Waals surface area contributed by atoms with Gasteiger partial charge in [0.15, 0.2) is 5.75 Å². The Labute approximate surface area is 222 Å². The van der Waals surface area contributed by atoms with Crippen molar-refractivity contribution in [3.8, 4) is 11.5 Å². The fraction of sp³-hybridized carbons (Fsp3) is 0.0800. The molecule has 190 valence electrons. The third-order valence-corrected chi connectivity index (χ3v) is 7.12. The third kappa shape index (κ3) is 5.37. The fourth-order valence-corrected chi connectivity index (χ4v) is 4.66. The highest BCUT2D eigenvalue weighted by atomic mass is 35.5. The first kappa shape index (κ1) is 26.4. The van der Waals surface area contributed by atoms with E-state index in [0.717, 1.165) is 6.07 Å². The molecule has 0 aliphatic carbocycles. The van der Waals surface area contributed by atoms with Crippen LogP contribution in [0.25, 0.3) is 10.8 Å². The average Bonchev–Trinajstić information content (AvgIpc) is 2.85. The zero-order valence-corrected chi connectivity index (χ0v) is 21.7. The van der Waals surface area contributed by atoms with Crippen LogP contribution in [0.4, 0.5) is 17.1 Å². The number of rotatable bonds is 6. The highest BCUT2D eigenvalue weighted by Crippen LogP contribution is 2.42. The average molecular weight is 560 g/mol. The Kier molecular flexibility index (Phi) is 7.37. The molecule has 0 saturated heterocycles. The Hall–Kier alpha value is -3.70. The Balaban J connectivity index is 1.84. The Morgan fingerprint density at radius 1 is 1.00 bits per heavy atom. The topological polar surface area (TPSA) is 138 Å². The van der Waals surface area contributed by atoms with Crippen molar-refractivity contribution in [3.63, 3.8) is 0 Å². The summed E-state index contributed by atoms with van der Waals surface area (Å²) in [7, 11) is -3.24. The van der Waals surface area contributed by atoms with E-state index in [1.807, 2.05) is 0 Å². The number of halogens is 2. The second-order valence-corrected chi connectivity index (χ2v) is 10.0. The number of amides is 1. The molecule has 0 atom stereocenters. The van der Waals surface area contributed by atoms with Gasteiger partial charge in [0.1, 0.15) is 22.0 Å². The molecule has 0 aromatic heterocycles. The van der Waals surface area contributed by atoms with E-state index in [1.54, 1.807) is 43.3 Å². The van der Waals surface area contributed by atoms with Gasteiger partial charge in [0, 0.05) is 17.1 Å². The van der Waals surface area contributed by atoms with Crippen LogP contribution in [0.15, 0.2) is 75.8 Å². The molecule has 4 aromatic carbocycles. The molecular weight excluding hydrogens is 541 g/mol. The molecule has 4 rings (SSSR count). The summed E-state index contributed by atoms with van der Waals surface area (Å²) in [5, 5.41) is 23.0. The quantitative estimate of drug-likeness (QED) is 0.170. The Morgan fingerprint density at radius 3 is 2.41 bits per heavy atom. The number of methoxy groups -OCH3 is 1. The maximum Gasteiger partial charge on any atom is 0.296 e. The van der Waals surface area contributed by atoms with Crippen molar-refractivity contribution in [1.82, 2.24) is 0 Å². The van der Waals surface area contributed by atoms with Gasteiger partial charge in [-0.2, -0.15) is 8.42 Å². The zero-order valence-electron chi connectivity index (χ0n) is 19.4. The minimum absolute atomic E-state index is 0.0479. The number of azo groups is 1. The van der Waals surface area contributed by atoms with Crippen LogP contribution in [0.1, 0.15) is 15.9 Å². The van der Waals surface area contributed by atoms with Gasteiger partial charge in [-0.15, -0.1) is 10.2 Å². The van der Waals surface area contributed by atoms with Crippen molar-refractivity contribution in [3.05, 3.63) is 81.8 Å². The molecule has 0 fully saturated rings. The van der Waals surface area contributed by atoms with Gasteiger partial charge in [-0.25, -0.2) is 0 Å². The number of carbonyl (C=O) groups excluding carboxylic acids is 1. The zero-order chi connectivity index (χ0) is 26.9. The summed E-state index contributed by atoms with van der Waals surface area (Å²) in [6.07, 6.45) is 0. The summed E-state index contributed by atoms with van der Waals surface area (Å²) in [5.74, 6) is -0.810. The van der Waals surface area contributed by atoms with Gasteiger partial charge in [0.2, 0.25) is 0 Å². The number of aryl methyl sites for hydroxylation is 1. The van der Waals surface area contributed by atoms with E-state index in [0.29, 0.717) is 32.8 Å². The Morgan fingerprint density at radius 2 is 1.70 bits per heavy atom. The number of ether oxygens (including phenoxy) is 1. The van der Waals surface area contributed by atoms with E-state index in [-0.39, 0.29) is 22.0 Å². The van der Waals surface area contributed by atoms with Crippen LogP contribution in [0, 0.1) is 6.92 Å². The van der Waals surface area contributed by atoms with Crippen LogP contribution in [0.5, 0.6) is 11.5 Å². The number of fused-ring (bicyclic) bond motifs is 1. The van der Waals surface area contributed by atoms with Crippen LogP contribution in [-0.4, -0.2) is 31.1 Å². The van der Waals surface area contributed by atoms with Crippen LogP contribution in [0.2, 0.25) is 10.0 Å². The molecule has 0 bridgehead atoms. The molecular formula is C25H19Cl2N3O6S. The number of phenols is 1. The maximum absolute atomic E-state index is 13.1. The van der Waals surface area contributed by atoms with Gasteiger partial charge in [-0.05, 0) is 42.1 Å². The first-order valence-electron chi connectivity index (χ1n) is 10.6. The Bertz CT molecular complexity index is 1690. The van der Waals surface area contributed by atoms with Crippen molar-refractivity contribution < 1.29 is 27.6 Å². The van der Waals surface area contributed by atoms with E-state index in [2.05, 4.69) is 15.5 Å². The lowest BCUT2D eigenvalue weighted by Crippen LogP contribution is -2.12. The SMILES string of the molecule is COc1cc(NC(=O)c2cc3ccccc3c(N=Nc3c(S(=O)(=O)O)ccc(C)c3Cl)c2O)ccc1Cl. The minimum Gasteiger partial charge on any atom is -0.505 e. The van der Waals surface area contributed by atoms with Gasteiger partial charge < -0.3 is 15.2 Å². The summed E-state index contributed by atoms with van der Waals surface area (Å²) >= 11 is 12.3. The molecule has 0 radical (unpaired) electrons. The molecule has 0 aliphatic rings. The highest BCUT2D eigenvalue weighted by Gasteiger charge is 2.22. The smallest absolute Gasteiger partial charge is 0.296 e. The maximum atomic E-state index is 13.1. The first-order valence-corrected chi connectivity index (χ1v) is 12.8. The standard InChI is InChI=1S/C25H19Cl2N3O6S/c1-13-7-10-20(37(33,34)35)23(21(13)27)30-29-22-16-6-4-3-5-14(16)11-17(24(22)31)25(32)28-15-8-9-18(26)19(12-15)36-2/h3-12,31H,1-2H3,(H,28,32)(H,33,34,35). The van der Waals surface area contributed by atoms with Crippen molar-refractivity contribution >= 4 is 67.1 Å². The monoisotopic (exact) mass is 559 g/mol. The van der Waals surface area contributed by atoms with Gasteiger partial charge in [-0.3, -0.25) is 9.35 Å². The normalized spacial score (nSPS) is 11.7. The van der Waals surface area contributed by atoms with E-state index < -0.39 is 26.7 Å². The van der Waals surface area contributed by atoms with Gasteiger partial charge in [0.05, 0.1) is 22.7 Å². The largest absolute Gasteiger partial charge is 0.505 e. The van der Waals surface area contributed by atoms with E-state index >= 15 is 0 Å². The van der Waals surface area contributed by atoms with Gasteiger partial charge in [0.25, 0.3) is 16.0 Å². The van der Waals surface area contributed by atoms with Crippen LogP contribution < -0.4 is 10.1 Å². The molecule has 1 amide bonds. The predicted molar refractivity (Wildman–Crippen MR) is 142 cm³/mol. The summed E-state index contributed by atoms with van der Waals surface area (Å²) in [6.45, 7) is 1.62. The van der Waals surface area contributed by atoms with Crippen molar-refractivity contribution in [2.45, 2.75) is 11.8 Å².